The molecule has 0 amide bonds. The van der Waals surface area contributed by atoms with Gasteiger partial charge in [0.2, 0.25) is 5.95 Å². The van der Waals surface area contributed by atoms with Crippen molar-refractivity contribution in [3.63, 3.8) is 0 Å². The summed E-state index contributed by atoms with van der Waals surface area (Å²) in [6.45, 7) is 3.27. The second-order valence-corrected chi connectivity index (χ2v) is 4.25. The van der Waals surface area contributed by atoms with Crippen LogP contribution in [-0.2, 0) is 6.54 Å². The van der Waals surface area contributed by atoms with Gasteiger partial charge in [0.15, 0.2) is 5.82 Å². The molecule has 0 aliphatic carbocycles. The first-order valence-corrected chi connectivity index (χ1v) is 6.20. The van der Waals surface area contributed by atoms with Gasteiger partial charge in [-0.3, -0.25) is 0 Å². The summed E-state index contributed by atoms with van der Waals surface area (Å²) in [5, 5.41) is 9.79. The number of para-hydroxylation sites is 1. The number of hydrogen-bond acceptors (Lipinski definition) is 4. The Bertz CT molecular complexity index is 530. The lowest BCUT2D eigenvalue weighted by molar-refractivity contribution is 0.467. The van der Waals surface area contributed by atoms with Crippen molar-refractivity contribution >= 4 is 5.95 Å². The molecule has 2 rings (SSSR count). The van der Waals surface area contributed by atoms with Crippen LogP contribution in [0.4, 0.5) is 10.3 Å². The Labute approximate surface area is 111 Å². The molecule has 0 saturated carbocycles. The summed E-state index contributed by atoms with van der Waals surface area (Å²) >= 11 is 0. The molecule has 0 spiro atoms. The number of benzene rings is 1. The summed E-state index contributed by atoms with van der Waals surface area (Å²) in [5.74, 6) is 0.250. The molecule has 0 aliphatic rings. The Balaban J connectivity index is 2.21. The molecule has 1 heterocycles. The van der Waals surface area contributed by atoms with Crippen molar-refractivity contribution in [2.24, 2.45) is 0 Å². The summed E-state index contributed by atoms with van der Waals surface area (Å²) < 4.78 is 12.8. The first-order valence-electron chi connectivity index (χ1n) is 6.20. The van der Waals surface area contributed by atoms with Crippen molar-refractivity contribution in [3.05, 3.63) is 48.0 Å². The Kier molecular flexibility index (Phi) is 4.28. The van der Waals surface area contributed by atoms with Gasteiger partial charge < -0.3 is 10.0 Å². The lowest BCUT2D eigenvalue weighted by Gasteiger charge is -2.22. The van der Waals surface area contributed by atoms with Gasteiger partial charge in [0, 0.05) is 18.7 Å². The molecular formula is C14H16FN3O. The van der Waals surface area contributed by atoms with E-state index in [1.165, 1.54) is 0 Å². The number of phenolic OH excluding ortho intramolecular Hbond substituents is 1. The number of rotatable bonds is 5. The highest BCUT2D eigenvalue weighted by Crippen LogP contribution is 2.20. The van der Waals surface area contributed by atoms with E-state index in [0.717, 1.165) is 30.9 Å². The smallest absolute Gasteiger partial charge is 0.225 e. The van der Waals surface area contributed by atoms with E-state index in [-0.39, 0.29) is 5.75 Å². The third-order valence-corrected chi connectivity index (χ3v) is 2.74. The van der Waals surface area contributed by atoms with Crippen LogP contribution < -0.4 is 4.90 Å². The third-order valence-electron chi connectivity index (χ3n) is 2.74. The molecule has 19 heavy (non-hydrogen) atoms. The standard InChI is InChI=1S/C14H16FN3O/c1-2-7-18(14-16-8-12(15)9-17-14)10-11-5-3-4-6-13(11)19/h3-6,8-9,19H,2,7,10H2,1H3. The maximum Gasteiger partial charge on any atom is 0.225 e. The van der Waals surface area contributed by atoms with E-state index in [9.17, 15) is 9.50 Å². The first kappa shape index (κ1) is 13.3. The summed E-state index contributed by atoms with van der Waals surface area (Å²) in [5.41, 5.74) is 0.795. The van der Waals surface area contributed by atoms with Gasteiger partial charge >= 0.3 is 0 Å². The SMILES string of the molecule is CCCN(Cc1ccccc1O)c1ncc(F)cn1. The van der Waals surface area contributed by atoms with Crippen LogP contribution in [0.1, 0.15) is 18.9 Å². The average molecular weight is 261 g/mol. The number of nitrogens with zero attached hydrogens (tertiary/aromatic N) is 3. The first-order chi connectivity index (χ1) is 9.20. The minimum atomic E-state index is -0.456. The summed E-state index contributed by atoms with van der Waals surface area (Å²) in [6.07, 6.45) is 3.21. The van der Waals surface area contributed by atoms with E-state index in [0.29, 0.717) is 12.5 Å². The minimum absolute atomic E-state index is 0.241. The van der Waals surface area contributed by atoms with Gasteiger partial charge in [0.1, 0.15) is 5.75 Å². The summed E-state index contributed by atoms with van der Waals surface area (Å²) in [7, 11) is 0. The highest BCUT2D eigenvalue weighted by atomic mass is 19.1. The molecule has 100 valence electrons. The average Bonchev–Trinajstić information content (AvgIpc) is 2.42. The van der Waals surface area contributed by atoms with Gasteiger partial charge in [-0.1, -0.05) is 25.1 Å². The van der Waals surface area contributed by atoms with Gasteiger partial charge in [-0.25, -0.2) is 14.4 Å². The molecule has 2 aromatic rings. The van der Waals surface area contributed by atoms with Crippen molar-refractivity contribution < 1.29 is 9.50 Å². The van der Waals surface area contributed by atoms with Crippen LogP contribution in [-0.4, -0.2) is 21.6 Å². The Morgan fingerprint density at radius 3 is 2.53 bits per heavy atom. The van der Waals surface area contributed by atoms with Crippen LogP contribution in [0.2, 0.25) is 0 Å². The molecule has 1 aromatic heterocycles. The molecule has 0 unspecified atom stereocenters. The molecule has 0 fully saturated rings. The number of halogens is 1. The molecule has 1 N–H and O–H groups in total. The van der Waals surface area contributed by atoms with E-state index >= 15 is 0 Å². The fraction of sp³-hybridized carbons (Fsp3) is 0.286. The van der Waals surface area contributed by atoms with E-state index < -0.39 is 5.82 Å². The predicted molar refractivity (Wildman–Crippen MR) is 71.4 cm³/mol. The highest BCUT2D eigenvalue weighted by molar-refractivity contribution is 5.37. The molecule has 0 saturated heterocycles. The number of hydrogen-bond donors (Lipinski definition) is 1. The van der Waals surface area contributed by atoms with Crippen molar-refractivity contribution in [2.45, 2.75) is 19.9 Å². The van der Waals surface area contributed by atoms with E-state index in [1.807, 2.05) is 24.0 Å². The van der Waals surface area contributed by atoms with Crippen molar-refractivity contribution in [3.8, 4) is 5.75 Å². The zero-order valence-electron chi connectivity index (χ0n) is 10.8. The lowest BCUT2D eigenvalue weighted by atomic mass is 10.2. The molecule has 0 atom stereocenters. The minimum Gasteiger partial charge on any atom is -0.508 e. The normalized spacial score (nSPS) is 10.4. The van der Waals surface area contributed by atoms with Gasteiger partial charge in [-0.05, 0) is 12.5 Å². The van der Waals surface area contributed by atoms with Gasteiger partial charge in [-0.2, -0.15) is 0 Å². The van der Waals surface area contributed by atoms with Gasteiger partial charge in [-0.15, -0.1) is 0 Å². The summed E-state index contributed by atoms with van der Waals surface area (Å²) in [6, 6.07) is 7.13. The Morgan fingerprint density at radius 2 is 1.89 bits per heavy atom. The van der Waals surface area contributed by atoms with Crippen LogP contribution in [0, 0.1) is 5.82 Å². The molecule has 1 aromatic carbocycles. The van der Waals surface area contributed by atoms with Crippen LogP contribution in [0.15, 0.2) is 36.7 Å². The fourth-order valence-electron chi connectivity index (χ4n) is 1.84. The maximum absolute atomic E-state index is 12.8. The molecule has 0 radical (unpaired) electrons. The summed E-state index contributed by atoms with van der Waals surface area (Å²) in [4.78, 5) is 9.87. The maximum atomic E-state index is 12.8. The largest absolute Gasteiger partial charge is 0.508 e. The van der Waals surface area contributed by atoms with Crippen LogP contribution in [0.3, 0.4) is 0 Å². The van der Waals surface area contributed by atoms with Gasteiger partial charge in [0.25, 0.3) is 0 Å². The highest BCUT2D eigenvalue weighted by Gasteiger charge is 2.11. The van der Waals surface area contributed by atoms with Gasteiger partial charge in [0.05, 0.1) is 12.4 Å². The number of anilines is 1. The Hall–Kier alpha value is -2.17. The zero-order valence-corrected chi connectivity index (χ0v) is 10.8. The molecular weight excluding hydrogens is 245 g/mol. The lowest BCUT2D eigenvalue weighted by Crippen LogP contribution is -2.25. The number of aromatic nitrogens is 2. The van der Waals surface area contributed by atoms with E-state index in [2.05, 4.69) is 9.97 Å². The van der Waals surface area contributed by atoms with Crippen molar-refractivity contribution in [2.75, 3.05) is 11.4 Å². The second kappa shape index (κ2) is 6.13. The van der Waals surface area contributed by atoms with E-state index in [4.69, 9.17) is 0 Å². The molecule has 0 bridgehead atoms. The van der Waals surface area contributed by atoms with Crippen molar-refractivity contribution in [1.82, 2.24) is 9.97 Å². The fourth-order valence-corrected chi connectivity index (χ4v) is 1.84. The molecule has 0 aliphatic heterocycles. The quantitative estimate of drug-likeness (QED) is 0.899. The monoisotopic (exact) mass is 261 g/mol. The van der Waals surface area contributed by atoms with Crippen LogP contribution >= 0.6 is 0 Å². The number of phenols is 1. The second-order valence-electron chi connectivity index (χ2n) is 4.25. The van der Waals surface area contributed by atoms with Crippen LogP contribution in [0.25, 0.3) is 0 Å². The molecule has 5 heteroatoms. The molecule has 4 nitrogen and oxygen atoms in total. The van der Waals surface area contributed by atoms with Crippen molar-refractivity contribution in [1.29, 1.82) is 0 Å². The zero-order chi connectivity index (χ0) is 13.7. The topological polar surface area (TPSA) is 49.2 Å². The predicted octanol–water partition coefficient (Wildman–Crippen LogP) is 2.74. The van der Waals surface area contributed by atoms with E-state index in [1.54, 1.807) is 12.1 Å². The van der Waals surface area contributed by atoms with Crippen LogP contribution in [0.5, 0.6) is 5.75 Å². The Morgan fingerprint density at radius 1 is 1.21 bits per heavy atom. The third kappa shape index (κ3) is 3.40. The number of aromatic hydroxyl groups is 1.